The Kier molecular flexibility index (Phi) is 3.75. The van der Waals surface area contributed by atoms with E-state index in [0.29, 0.717) is 5.69 Å². The fraction of sp³-hybridized carbons (Fsp3) is 0.300. The van der Waals surface area contributed by atoms with Crippen LogP contribution < -0.4 is 5.73 Å². The summed E-state index contributed by atoms with van der Waals surface area (Å²) in [4.78, 5) is 20.8. The zero-order chi connectivity index (χ0) is 14.7. The second kappa shape index (κ2) is 5.48. The second-order valence-corrected chi connectivity index (χ2v) is 3.88. The fourth-order valence-corrected chi connectivity index (χ4v) is 1.71. The molecule has 2 rings (SSSR count). The molecular formula is C10H11N5O5. The summed E-state index contributed by atoms with van der Waals surface area (Å²) in [5.74, 6) is -1.32. The Balaban J connectivity index is 2.28. The Morgan fingerprint density at radius 3 is 2.85 bits per heavy atom. The number of hydrogen-bond donors (Lipinski definition) is 2. The van der Waals surface area contributed by atoms with Crippen LogP contribution in [0.2, 0.25) is 0 Å². The Labute approximate surface area is 111 Å². The first-order valence-corrected chi connectivity index (χ1v) is 5.61. The predicted molar refractivity (Wildman–Crippen MR) is 64.2 cm³/mol. The summed E-state index contributed by atoms with van der Waals surface area (Å²) in [6.45, 7) is 0.273. The van der Waals surface area contributed by atoms with Gasteiger partial charge in [0.1, 0.15) is 17.2 Å². The summed E-state index contributed by atoms with van der Waals surface area (Å²) in [6, 6.07) is 2.64. The molecule has 0 aliphatic heterocycles. The van der Waals surface area contributed by atoms with E-state index in [1.165, 1.54) is 16.8 Å². The van der Waals surface area contributed by atoms with Gasteiger partial charge in [0.25, 0.3) is 0 Å². The number of furan rings is 1. The van der Waals surface area contributed by atoms with Gasteiger partial charge in [-0.2, -0.15) is 0 Å². The van der Waals surface area contributed by atoms with Crippen LogP contribution in [0, 0.1) is 10.1 Å². The maximum absolute atomic E-state index is 11.0. The molecule has 0 spiro atoms. The molecule has 3 N–H and O–H groups in total. The highest BCUT2D eigenvalue weighted by Gasteiger charge is 2.20. The number of aromatic carboxylic acids is 1. The van der Waals surface area contributed by atoms with Crippen LogP contribution in [0.1, 0.15) is 21.9 Å². The van der Waals surface area contributed by atoms with Crippen LogP contribution in [0.3, 0.4) is 0 Å². The molecule has 10 heteroatoms. The van der Waals surface area contributed by atoms with E-state index in [4.69, 9.17) is 15.3 Å². The highest BCUT2D eigenvalue weighted by Crippen LogP contribution is 2.17. The third-order valence-electron chi connectivity index (χ3n) is 2.55. The SMILES string of the molecule is NCCc1c(C(=O)O)nnn1Cc1ccc([N+](=O)[O-])o1. The lowest BCUT2D eigenvalue weighted by Gasteiger charge is -2.03. The third-order valence-corrected chi connectivity index (χ3v) is 2.55. The zero-order valence-electron chi connectivity index (χ0n) is 10.2. The van der Waals surface area contributed by atoms with Gasteiger partial charge < -0.3 is 15.3 Å². The van der Waals surface area contributed by atoms with Crippen LogP contribution >= 0.6 is 0 Å². The molecule has 0 aliphatic carbocycles. The van der Waals surface area contributed by atoms with Gasteiger partial charge in [0.15, 0.2) is 5.69 Å². The van der Waals surface area contributed by atoms with Crippen molar-refractivity contribution in [1.82, 2.24) is 15.0 Å². The minimum absolute atomic E-state index is 0.0451. The molecule has 0 radical (unpaired) electrons. The molecule has 10 nitrogen and oxygen atoms in total. The van der Waals surface area contributed by atoms with E-state index in [0.717, 1.165) is 0 Å². The molecule has 20 heavy (non-hydrogen) atoms. The molecule has 2 heterocycles. The average Bonchev–Trinajstić information content (AvgIpc) is 2.98. The monoisotopic (exact) mass is 281 g/mol. The minimum Gasteiger partial charge on any atom is -0.476 e. The van der Waals surface area contributed by atoms with E-state index in [2.05, 4.69) is 10.3 Å². The van der Waals surface area contributed by atoms with Crippen molar-refractivity contribution in [2.45, 2.75) is 13.0 Å². The van der Waals surface area contributed by atoms with E-state index in [9.17, 15) is 14.9 Å². The second-order valence-electron chi connectivity index (χ2n) is 3.88. The van der Waals surface area contributed by atoms with Crippen molar-refractivity contribution in [3.05, 3.63) is 39.4 Å². The third kappa shape index (κ3) is 2.64. The number of nitrogens with two attached hydrogens (primary N) is 1. The predicted octanol–water partition coefficient (Wildman–Crippen LogP) is 0.0270. The molecular weight excluding hydrogens is 270 g/mol. The summed E-state index contributed by atoms with van der Waals surface area (Å²) in [5, 5.41) is 26.8. The van der Waals surface area contributed by atoms with Crippen LogP contribution in [0.4, 0.5) is 5.88 Å². The van der Waals surface area contributed by atoms with E-state index < -0.39 is 10.9 Å². The number of carboxylic acid groups (broad SMARTS) is 1. The lowest BCUT2D eigenvalue weighted by molar-refractivity contribution is -0.402. The first-order valence-electron chi connectivity index (χ1n) is 5.61. The quantitative estimate of drug-likeness (QED) is 0.555. The molecule has 0 saturated heterocycles. The number of rotatable bonds is 6. The van der Waals surface area contributed by atoms with Gasteiger partial charge >= 0.3 is 11.9 Å². The van der Waals surface area contributed by atoms with Crippen LogP contribution in [-0.2, 0) is 13.0 Å². The molecule has 0 aromatic carbocycles. The topological polar surface area (TPSA) is 150 Å². The van der Waals surface area contributed by atoms with Crippen molar-refractivity contribution in [2.75, 3.05) is 6.54 Å². The Morgan fingerprint density at radius 2 is 2.30 bits per heavy atom. The summed E-state index contributed by atoms with van der Waals surface area (Å²) in [7, 11) is 0. The summed E-state index contributed by atoms with van der Waals surface area (Å²) >= 11 is 0. The zero-order valence-corrected chi connectivity index (χ0v) is 10.2. The molecule has 2 aromatic heterocycles. The Bertz CT molecular complexity index is 646. The van der Waals surface area contributed by atoms with Crippen molar-refractivity contribution >= 4 is 11.9 Å². The first-order chi connectivity index (χ1) is 9.52. The first kappa shape index (κ1) is 13.7. The van der Waals surface area contributed by atoms with E-state index >= 15 is 0 Å². The summed E-state index contributed by atoms with van der Waals surface area (Å²) < 4.78 is 6.29. The normalized spacial score (nSPS) is 10.7. The molecule has 0 aliphatic rings. The van der Waals surface area contributed by atoms with E-state index in [1.54, 1.807) is 0 Å². The number of hydrogen-bond acceptors (Lipinski definition) is 7. The Hall–Kier alpha value is -2.75. The number of nitro groups is 1. The van der Waals surface area contributed by atoms with Crippen LogP contribution in [0.25, 0.3) is 0 Å². The number of aromatic nitrogens is 3. The molecule has 106 valence electrons. The van der Waals surface area contributed by atoms with Gasteiger partial charge in [0.2, 0.25) is 0 Å². The highest BCUT2D eigenvalue weighted by atomic mass is 16.6. The standard InChI is InChI=1S/C10H11N5O5/c11-4-3-7-9(10(16)17)12-13-14(7)5-6-1-2-8(20-6)15(18)19/h1-2H,3-5,11H2,(H,16,17). The molecule has 2 aromatic rings. The van der Waals surface area contributed by atoms with E-state index in [-0.39, 0.29) is 36.8 Å². The van der Waals surface area contributed by atoms with Gasteiger partial charge in [-0.15, -0.1) is 5.10 Å². The number of nitrogens with zero attached hydrogens (tertiary/aromatic N) is 4. The van der Waals surface area contributed by atoms with Crippen molar-refractivity contribution in [2.24, 2.45) is 5.73 Å². The van der Waals surface area contributed by atoms with Gasteiger partial charge in [-0.25, -0.2) is 9.48 Å². The molecule has 0 bridgehead atoms. The number of carbonyl (C=O) groups is 1. The lowest BCUT2D eigenvalue weighted by atomic mass is 10.2. The van der Waals surface area contributed by atoms with Crippen LogP contribution in [0.15, 0.2) is 16.5 Å². The van der Waals surface area contributed by atoms with Gasteiger partial charge in [-0.1, -0.05) is 5.21 Å². The van der Waals surface area contributed by atoms with Crippen molar-refractivity contribution in [1.29, 1.82) is 0 Å². The molecule has 0 saturated carbocycles. The average molecular weight is 281 g/mol. The highest BCUT2D eigenvalue weighted by molar-refractivity contribution is 5.86. The van der Waals surface area contributed by atoms with Gasteiger partial charge in [-0.3, -0.25) is 10.1 Å². The molecule has 0 amide bonds. The maximum atomic E-state index is 11.0. The fourth-order valence-electron chi connectivity index (χ4n) is 1.71. The van der Waals surface area contributed by atoms with Crippen molar-refractivity contribution < 1.29 is 19.2 Å². The molecule has 0 atom stereocenters. The van der Waals surface area contributed by atoms with Crippen LogP contribution in [-0.4, -0.2) is 37.5 Å². The van der Waals surface area contributed by atoms with Crippen molar-refractivity contribution in [3.63, 3.8) is 0 Å². The largest absolute Gasteiger partial charge is 0.476 e. The van der Waals surface area contributed by atoms with Gasteiger partial charge in [0.05, 0.1) is 11.8 Å². The van der Waals surface area contributed by atoms with E-state index in [1.807, 2.05) is 0 Å². The van der Waals surface area contributed by atoms with Gasteiger partial charge in [-0.05, 0) is 12.6 Å². The van der Waals surface area contributed by atoms with Gasteiger partial charge in [0, 0.05) is 6.42 Å². The number of carboxylic acids is 1. The van der Waals surface area contributed by atoms with Crippen molar-refractivity contribution in [3.8, 4) is 0 Å². The summed E-state index contributed by atoms with van der Waals surface area (Å²) in [5.41, 5.74) is 5.58. The molecule has 0 unspecified atom stereocenters. The molecule has 0 fully saturated rings. The maximum Gasteiger partial charge on any atom is 0.433 e. The smallest absolute Gasteiger partial charge is 0.433 e. The summed E-state index contributed by atoms with van der Waals surface area (Å²) in [6.07, 6.45) is 0.275. The van der Waals surface area contributed by atoms with Crippen LogP contribution in [0.5, 0.6) is 0 Å². The lowest BCUT2D eigenvalue weighted by Crippen LogP contribution is -2.13. The minimum atomic E-state index is -1.20. The Morgan fingerprint density at radius 1 is 1.55 bits per heavy atom.